The third-order valence-electron chi connectivity index (χ3n) is 3.36. The SMILES string of the molecule is NC1(CNC(=O)c2ccc([N+](=O)[O-])cc2F)CCC1. The van der Waals surface area contributed by atoms with E-state index in [1.807, 2.05) is 0 Å². The van der Waals surface area contributed by atoms with Crippen LogP contribution in [0.1, 0.15) is 29.6 Å². The third-order valence-corrected chi connectivity index (χ3v) is 3.36. The lowest BCUT2D eigenvalue weighted by Crippen LogP contribution is -2.55. The molecule has 0 atom stereocenters. The van der Waals surface area contributed by atoms with Gasteiger partial charge < -0.3 is 11.1 Å². The zero-order valence-corrected chi connectivity index (χ0v) is 10.2. The van der Waals surface area contributed by atoms with Gasteiger partial charge in [-0.15, -0.1) is 0 Å². The Bertz CT molecular complexity index is 529. The number of amides is 1. The second kappa shape index (κ2) is 4.93. The summed E-state index contributed by atoms with van der Waals surface area (Å²) in [4.78, 5) is 21.5. The van der Waals surface area contributed by atoms with Crippen molar-refractivity contribution in [2.75, 3.05) is 6.54 Å². The van der Waals surface area contributed by atoms with Crippen LogP contribution >= 0.6 is 0 Å². The van der Waals surface area contributed by atoms with Crippen LogP contribution in [-0.2, 0) is 0 Å². The summed E-state index contributed by atoms with van der Waals surface area (Å²) >= 11 is 0. The number of hydrogen-bond acceptors (Lipinski definition) is 4. The van der Waals surface area contributed by atoms with Crippen LogP contribution in [0.5, 0.6) is 0 Å². The Balaban J connectivity index is 2.04. The lowest BCUT2D eigenvalue weighted by Gasteiger charge is -2.38. The Hall–Kier alpha value is -2.02. The van der Waals surface area contributed by atoms with Crippen molar-refractivity contribution in [2.24, 2.45) is 5.73 Å². The molecule has 0 spiro atoms. The summed E-state index contributed by atoms with van der Waals surface area (Å²) in [5.41, 5.74) is 4.94. The minimum atomic E-state index is -0.911. The molecule has 1 aliphatic carbocycles. The molecular formula is C12H14FN3O3. The Morgan fingerprint density at radius 1 is 1.53 bits per heavy atom. The first-order chi connectivity index (χ1) is 8.91. The summed E-state index contributed by atoms with van der Waals surface area (Å²) in [7, 11) is 0. The monoisotopic (exact) mass is 267 g/mol. The molecule has 1 aromatic carbocycles. The predicted octanol–water partition coefficient (Wildman–Crippen LogP) is 1.35. The molecule has 1 aliphatic rings. The minimum Gasteiger partial charge on any atom is -0.350 e. The van der Waals surface area contributed by atoms with Crippen LogP contribution in [-0.4, -0.2) is 22.9 Å². The van der Waals surface area contributed by atoms with E-state index in [1.165, 1.54) is 0 Å². The number of rotatable bonds is 4. The normalized spacial score (nSPS) is 16.5. The van der Waals surface area contributed by atoms with Gasteiger partial charge in [0.25, 0.3) is 11.6 Å². The fraction of sp³-hybridized carbons (Fsp3) is 0.417. The van der Waals surface area contributed by atoms with Crippen molar-refractivity contribution in [3.05, 3.63) is 39.7 Å². The third kappa shape index (κ3) is 2.87. The first-order valence-electron chi connectivity index (χ1n) is 5.92. The molecule has 2 rings (SSSR count). The Morgan fingerprint density at radius 3 is 2.68 bits per heavy atom. The van der Waals surface area contributed by atoms with Gasteiger partial charge in [-0.05, 0) is 25.3 Å². The highest BCUT2D eigenvalue weighted by atomic mass is 19.1. The van der Waals surface area contributed by atoms with Gasteiger partial charge in [-0.1, -0.05) is 0 Å². The molecule has 3 N–H and O–H groups in total. The van der Waals surface area contributed by atoms with Crippen molar-refractivity contribution in [2.45, 2.75) is 24.8 Å². The van der Waals surface area contributed by atoms with E-state index in [9.17, 15) is 19.3 Å². The molecule has 0 bridgehead atoms. The number of nitrogens with one attached hydrogen (secondary N) is 1. The van der Waals surface area contributed by atoms with E-state index in [0.29, 0.717) is 0 Å². The highest BCUT2D eigenvalue weighted by Gasteiger charge is 2.32. The van der Waals surface area contributed by atoms with E-state index in [2.05, 4.69) is 5.32 Å². The topological polar surface area (TPSA) is 98.3 Å². The molecule has 1 saturated carbocycles. The Kier molecular flexibility index (Phi) is 3.48. The summed E-state index contributed by atoms with van der Waals surface area (Å²) in [6, 6.07) is 2.93. The lowest BCUT2D eigenvalue weighted by molar-refractivity contribution is -0.385. The number of halogens is 1. The fourth-order valence-electron chi connectivity index (χ4n) is 1.96. The second-order valence-corrected chi connectivity index (χ2v) is 4.82. The molecule has 19 heavy (non-hydrogen) atoms. The van der Waals surface area contributed by atoms with Crippen molar-refractivity contribution in [3.63, 3.8) is 0 Å². The average molecular weight is 267 g/mol. The van der Waals surface area contributed by atoms with Gasteiger partial charge in [-0.25, -0.2) is 4.39 Å². The van der Waals surface area contributed by atoms with Gasteiger partial charge in [-0.3, -0.25) is 14.9 Å². The number of hydrogen-bond donors (Lipinski definition) is 2. The number of benzene rings is 1. The van der Waals surface area contributed by atoms with Crippen LogP contribution in [0.15, 0.2) is 18.2 Å². The van der Waals surface area contributed by atoms with Crippen LogP contribution in [0.2, 0.25) is 0 Å². The number of non-ortho nitro benzene ring substituents is 1. The predicted molar refractivity (Wildman–Crippen MR) is 66.2 cm³/mol. The van der Waals surface area contributed by atoms with Crippen molar-refractivity contribution in [1.82, 2.24) is 5.32 Å². The minimum absolute atomic E-state index is 0.214. The summed E-state index contributed by atoms with van der Waals surface area (Å²) in [5.74, 6) is -1.52. The summed E-state index contributed by atoms with van der Waals surface area (Å²) in [6.45, 7) is 0.280. The molecule has 0 radical (unpaired) electrons. The van der Waals surface area contributed by atoms with Gasteiger partial charge in [0, 0.05) is 18.2 Å². The highest BCUT2D eigenvalue weighted by Crippen LogP contribution is 2.28. The molecule has 0 heterocycles. The van der Waals surface area contributed by atoms with Crippen molar-refractivity contribution in [1.29, 1.82) is 0 Å². The zero-order valence-electron chi connectivity index (χ0n) is 10.2. The molecule has 7 heteroatoms. The number of nitro groups is 1. The average Bonchev–Trinajstić information content (AvgIpc) is 2.33. The summed E-state index contributed by atoms with van der Waals surface area (Å²) in [6.07, 6.45) is 2.68. The summed E-state index contributed by atoms with van der Waals surface area (Å²) < 4.78 is 13.6. The van der Waals surface area contributed by atoms with E-state index in [4.69, 9.17) is 5.73 Å². The van der Waals surface area contributed by atoms with Crippen LogP contribution in [0.4, 0.5) is 10.1 Å². The van der Waals surface area contributed by atoms with Crippen LogP contribution < -0.4 is 11.1 Å². The van der Waals surface area contributed by atoms with Crippen LogP contribution in [0.3, 0.4) is 0 Å². The Morgan fingerprint density at radius 2 is 2.21 bits per heavy atom. The molecule has 6 nitrogen and oxygen atoms in total. The maximum Gasteiger partial charge on any atom is 0.272 e. The van der Waals surface area contributed by atoms with Gasteiger partial charge in [0.1, 0.15) is 5.82 Å². The lowest BCUT2D eigenvalue weighted by atomic mass is 9.78. The number of nitro benzene ring substituents is 1. The van der Waals surface area contributed by atoms with E-state index in [0.717, 1.165) is 37.5 Å². The maximum absolute atomic E-state index is 13.6. The van der Waals surface area contributed by atoms with E-state index in [-0.39, 0.29) is 17.8 Å². The van der Waals surface area contributed by atoms with Gasteiger partial charge in [0.05, 0.1) is 16.6 Å². The maximum atomic E-state index is 13.6. The standard InChI is InChI=1S/C12H14FN3O3/c13-10-6-8(16(18)19)2-3-9(10)11(17)15-7-12(14)4-1-5-12/h2-3,6H,1,4-5,7,14H2,(H,15,17). The first kappa shape index (κ1) is 13.4. The van der Waals surface area contributed by atoms with Gasteiger partial charge in [0.15, 0.2) is 0 Å². The van der Waals surface area contributed by atoms with Gasteiger partial charge in [0.2, 0.25) is 0 Å². The van der Waals surface area contributed by atoms with E-state index < -0.39 is 22.2 Å². The molecule has 0 aliphatic heterocycles. The second-order valence-electron chi connectivity index (χ2n) is 4.82. The highest BCUT2D eigenvalue weighted by molar-refractivity contribution is 5.94. The molecule has 1 amide bonds. The zero-order chi connectivity index (χ0) is 14.0. The fourth-order valence-corrected chi connectivity index (χ4v) is 1.96. The summed E-state index contributed by atoms with van der Waals surface area (Å²) in [5, 5.41) is 13.0. The van der Waals surface area contributed by atoms with Crippen molar-refractivity contribution >= 4 is 11.6 Å². The molecular weight excluding hydrogens is 253 g/mol. The molecule has 1 fully saturated rings. The quantitative estimate of drug-likeness (QED) is 0.635. The van der Waals surface area contributed by atoms with Crippen LogP contribution in [0.25, 0.3) is 0 Å². The van der Waals surface area contributed by atoms with Crippen molar-refractivity contribution in [3.8, 4) is 0 Å². The van der Waals surface area contributed by atoms with E-state index in [1.54, 1.807) is 0 Å². The molecule has 102 valence electrons. The van der Waals surface area contributed by atoms with Crippen molar-refractivity contribution < 1.29 is 14.1 Å². The number of carbonyl (C=O) groups is 1. The first-order valence-corrected chi connectivity index (χ1v) is 5.92. The Labute approximate surface area is 108 Å². The smallest absolute Gasteiger partial charge is 0.272 e. The molecule has 0 unspecified atom stereocenters. The van der Waals surface area contributed by atoms with Gasteiger partial charge >= 0.3 is 0 Å². The molecule has 0 saturated heterocycles. The largest absolute Gasteiger partial charge is 0.350 e. The molecule has 0 aromatic heterocycles. The van der Waals surface area contributed by atoms with Gasteiger partial charge in [-0.2, -0.15) is 0 Å². The molecule has 1 aromatic rings. The number of nitrogens with zero attached hydrogens (tertiary/aromatic N) is 1. The van der Waals surface area contributed by atoms with Crippen LogP contribution in [0, 0.1) is 15.9 Å². The number of carbonyl (C=O) groups excluding carboxylic acids is 1. The van der Waals surface area contributed by atoms with E-state index >= 15 is 0 Å². The number of nitrogens with two attached hydrogens (primary N) is 1.